The van der Waals surface area contributed by atoms with Crippen molar-refractivity contribution < 1.29 is 4.42 Å². The van der Waals surface area contributed by atoms with Crippen molar-refractivity contribution in [3.63, 3.8) is 0 Å². The van der Waals surface area contributed by atoms with Crippen LogP contribution in [0.25, 0.3) is 0 Å². The molecule has 1 fully saturated rings. The molecule has 1 saturated heterocycles. The fraction of sp³-hybridized carbons (Fsp3) is 0.667. The molecule has 0 saturated carbocycles. The van der Waals surface area contributed by atoms with Crippen molar-refractivity contribution in [2.45, 2.75) is 11.1 Å². The third kappa shape index (κ3) is 1.25. The average molecular weight is 171 g/mol. The van der Waals surface area contributed by atoms with E-state index >= 15 is 0 Å². The maximum absolute atomic E-state index is 5.34. The second-order valence-electron chi connectivity index (χ2n) is 2.47. The van der Waals surface area contributed by atoms with E-state index in [0.29, 0.717) is 11.1 Å². The van der Waals surface area contributed by atoms with E-state index in [0.717, 1.165) is 19.0 Å². The molecule has 1 N–H and O–H groups in total. The molecule has 2 rings (SSSR count). The quantitative estimate of drug-likeness (QED) is 0.656. The van der Waals surface area contributed by atoms with Crippen molar-refractivity contribution in [1.82, 2.24) is 15.5 Å². The third-order valence-corrected chi connectivity index (χ3v) is 2.24. The maximum atomic E-state index is 5.34. The second kappa shape index (κ2) is 2.83. The summed E-state index contributed by atoms with van der Waals surface area (Å²) in [6.45, 7) is 1.94. The molecule has 0 unspecified atom stereocenters. The largest absolute Gasteiger partial charge is 0.416 e. The summed E-state index contributed by atoms with van der Waals surface area (Å²) >= 11 is 1.48. The van der Waals surface area contributed by atoms with E-state index in [2.05, 4.69) is 15.5 Å². The number of hydrogen-bond donors (Lipinski definition) is 1. The molecule has 1 aliphatic heterocycles. The summed E-state index contributed by atoms with van der Waals surface area (Å²) < 4.78 is 5.34. The van der Waals surface area contributed by atoms with Crippen LogP contribution in [0.3, 0.4) is 0 Å². The van der Waals surface area contributed by atoms with Crippen LogP contribution in [0.5, 0.6) is 0 Å². The minimum absolute atomic E-state index is 0.448. The number of nitrogens with zero attached hydrogens (tertiary/aromatic N) is 2. The maximum Gasteiger partial charge on any atom is 0.276 e. The number of aromatic nitrogens is 2. The molecule has 60 valence electrons. The van der Waals surface area contributed by atoms with Gasteiger partial charge in [-0.05, 0) is 6.26 Å². The second-order valence-corrected chi connectivity index (χ2v) is 3.22. The summed E-state index contributed by atoms with van der Waals surface area (Å²) in [5.41, 5.74) is 0. The first kappa shape index (κ1) is 7.12. The predicted octanol–water partition coefficient (Wildman–Crippen LogP) is 0.478. The Hall–Kier alpha value is -0.550. The van der Waals surface area contributed by atoms with Crippen LogP contribution in [0.4, 0.5) is 0 Å². The lowest BCUT2D eigenvalue weighted by molar-refractivity contribution is 0.328. The topological polar surface area (TPSA) is 51.0 Å². The molecular formula is C6H9N3OS. The molecule has 0 atom stereocenters. The van der Waals surface area contributed by atoms with Gasteiger partial charge in [0.1, 0.15) is 0 Å². The van der Waals surface area contributed by atoms with Crippen molar-refractivity contribution in [2.75, 3.05) is 19.3 Å². The molecule has 4 nitrogen and oxygen atoms in total. The minimum atomic E-state index is 0.448. The van der Waals surface area contributed by atoms with Gasteiger partial charge in [-0.3, -0.25) is 0 Å². The highest BCUT2D eigenvalue weighted by molar-refractivity contribution is 7.98. The van der Waals surface area contributed by atoms with E-state index < -0.39 is 0 Å². The van der Waals surface area contributed by atoms with Gasteiger partial charge < -0.3 is 9.73 Å². The lowest BCUT2D eigenvalue weighted by Gasteiger charge is -2.22. The number of rotatable bonds is 2. The first-order chi connectivity index (χ1) is 5.40. The van der Waals surface area contributed by atoms with Crippen LogP contribution in [0.1, 0.15) is 11.8 Å². The Morgan fingerprint density at radius 2 is 2.36 bits per heavy atom. The fourth-order valence-corrected chi connectivity index (χ4v) is 1.22. The fourth-order valence-electron chi connectivity index (χ4n) is 0.931. The average Bonchev–Trinajstić information content (AvgIpc) is 2.32. The molecule has 0 aromatic carbocycles. The van der Waals surface area contributed by atoms with E-state index in [1.807, 2.05) is 6.26 Å². The zero-order chi connectivity index (χ0) is 7.68. The van der Waals surface area contributed by atoms with Gasteiger partial charge in [0, 0.05) is 13.1 Å². The van der Waals surface area contributed by atoms with Crippen LogP contribution in [-0.2, 0) is 0 Å². The van der Waals surface area contributed by atoms with Gasteiger partial charge in [0.2, 0.25) is 5.89 Å². The first-order valence-electron chi connectivity index (χ1n) is 3.48. The highest BCUT2D eigenvalue weighted by Gasteiger charge is 2.24. The Morgan fingerprint density at radius 3 is 2.82 bits per heavy atom. The van der Waals surface area contributed by atoms with Crippen LogP contribution < -0.4 is 5.32 Å². The molecular weight excluding hydrogens is 162 g/mol. The van der Waals surface area contributed by atoms with Crippen LogP contribution in [0, 0.1) is 0 Å². The SMILES string of the molecule is CSc1nnc(C2CNC2)o1. The van der Waals surface area contributed by atoms with E-state index in [4.69, 9.17) is 4.42 Å². The van der Waals surface area contributed by atoms with Gasteiger partial charge >= 0.3 is 0 Å². The number of hydrogen-bond acceptors (Lipinski definition) is 5. The minimum Gasteiger partial charge on any atom is -0.416 e. The van der Waals surface area contributed by atoms with Crippen molar-refractivity contribution in [3.8, 4) is 0 Å². The smallest absolute Gasteiger partial charge is 0.276 e. The van der Waals surface area contributed by atoms with Gasteiger partial charge in [-0.2, -0.15) is 0 Å². The molecule has 0 aliphatic carbocycles. The lowest BCUT2D eigenvalue weighted by Crippen LogP contribution is -2.40. The standard InChI is InChI=1S/C6H9N3OS/c1-11-6-9-8-5(10-6)4-2-7-3-4/h4,7H,2-3H2,1H3. The van der Waals surface area contributed by atoms with Crippen LogP contribution in [0.15, 0.2) is 9.64 Å². The van der Waals surface area contributed by atoms with Crippen molar-refractivity contribution >= 4 is 11.8 Å². The van der Waals surface area contributed by atoms with Crippen molar-refractivity contribution in [3.05, 3.63) is 5.89 Å². The van der Waals surface area contributed by atoms with E-state index in [-0.39, 0.29) is 0 Å². The lowest BCUT2D eigenvalue weighted by atomic mass is 10.0. The number of thioether (sulfide) groups is 1. The summed E-state index contributed by atoms with van der Waals surface area (Å²) in [5.74, 6) is 1.22. The molecule has 0 spiro atoms. The van der Waals surface area contributed by atoms with Gasteiger partial charge in [-0.15, -0.1) is 10.2 Å². The number of nitrogens with one attached hydrogen (secondary N) is 1. The molecule has 11 heavy (non-hydrogen) atoms. The van der Waals surface area contributed by atoms with Crippen LogP contribution in [0.2, 0.25) is 0 Å². The van der Waals surface area contributed by atoms with Gasteiger partial charge in [0.15, 0.2) is 0 Å². The molecule has 0 amide bonds. The van der Waals surface area contributed by atoms with E-state index in [9.17, 15) is 0 Å². The third-order valence-electron chi connectivity index (χ3n) is 1.73. The Kier molecular flexibility index (Phi) is 1.83. The molecule has 1 aromatic heterocycles. The Balaban J connectivity index is 2.11. The van der Waals surface area contributed by atoms with Gasteiger partial charge in [-0.25, -0.2) is 0 Å². The highest BCUT2D eigenvalue weighted by atomic mass is 32.2. The zero-order valence-electron chi connectivity index (χ0n) is 6.20. The summed E-state index contributed by atoms with van der Waals surface area (Å²) in [7, 11) is 0. The van der Waals surface area contributed by atoms with E-state index in [1.165, 1.54) is 11.8 Å². The summed E-state index contributed by atoms with van der Waals surface area (Å²) in [6.07, 6.45) is 1.93. The summed E-state index contributed by atoms with van der Waals surface area (Å²) in [5, 5.41) is 11.6. The molecule has 0 radical (unpaired) electrons. The monoisotopic (exact) mass is 171 g/mol. The van der Waals surface area contributed by atoms with Gasteiger partial charge in [-0.1, -0.05) is 11.8 Å². The molecule has 0 bridgehead atoms. The Morgan fingerprint density at radius 1 is 1.55 bits per heavy atom. The first-order valence-corrected chi connectivity index (χ1v) is 4.70. The molecule has 1 aliphatic rings. The van der Waals surface area contributed by atoms with Gasteiger partial charge in [0.25, 0.3) is 5.22 Å². The van der Waals surface area contributed by atoms with Crippen LogP contribution >= 0.6 is 11.8 Å². The highest BCUT2D eigenvalue weighted by Crippen LogP contribution is 2.21. The predicted molar refractivity (Wildman–Crippen MR) is 41.7 cm³/mol. The normalized spacial score (nSPS) is 18.3. The molecule has 5 heteroatoms. The molecule has 2 heterocycles. The summed E-state index contributed by atoms with van der Waals surface area (Å²) in [6, 6.07) is 0. The van der Waals surface area contributed by atoms with Gasteiger partial charge in [0.05, 0.1) is 5.92 Å². The van der Waals surface area contributed by atoms with E-state index in [1.54, 1.807) is 0 Å². The Labute approximate surface area is 68.8 Å². The zero-order valence-corrected chi connectivity index (χ0v) is 7.02. The summed E-state index contributed by atoms with van der Waals surface area (Å²) in [4.78, 5) is 0. The molecule has 1 aromatic rings. The van der Waals surface area contributed by atoms with Crippen molar-refractivity contribution in [1.29, 1.82) is 0 Å². The van der Waals surface area contributed by atoms with Crippen LogP contribution in [-0.4, -0.2) is 29.5 Å². The Bertz CT molecular complexity index is 246. The van der Waals surface area contributed by atoms with Crippen molar-refractivity contribution in [2.24, 2.45) is 0 Å².